The molecule has 0 atom stereocenters. The van der Waals surface area contributed by atoms with Gasteiger partial charge in [0.05, 0.1) is 4.53 Å². The number of anilines is 1. The predicted octanol–water partition coefficient (Wildman–Crippen LogP) is 1.04. The van der Waals surface area contributed by atoms with Crippen LogP contribution in [0.1, 0.15) is 11.3 Å². The Labute approximate surface area is 130 Å². The van der Waals surface area contributed by atoms with Crippen molar-refractivity contribution in [3.63, 3.8) is 0 Å². The number of hydrogen-bond donors (Lipinski definition) is 0. The van der Waals surface area contributed by atoms with E-state index in [1.54, 1.807) is 6.92 Å². The van der Waals surface area contributed by atoms with E-state index in [2.05, 4.69) is 4.98 Å². The minimum Gasteiger partial charge on any atom is -0.378 e. The molecular formula is C16H15N3O2S. The van der Waals surface area contributed by atoms with E-state index in [-0.39, 0.29) is 11.1 Å². The zero-order valence-corrected chi connectivity index (χ0v) is 13.3. The van der Waals surface area contributed by atoms with Gasteiger partial charge in [-0.3, -0.25) is 14.0 Å². The summed E-state index contributed by atoms with van der Waals surface area (Å²) in [5.41, 5.74) is 2.19. The van der Waals surface area contributed by atoms with Crippen molar-refractivity contribution in [2.45, 2.75) is 6.92 Å². The van der Waals surface area contributed by atoms with Crippen LogP contribution in [0.25, 0.3) is 11.0 Å². The van der Waals surface area contributed by atoms with Gasteiger partial charge in [0, 0.05) is 31.5 Å². The summed E-state index contributed by atoms with van der Waals surface area (Å²) in [5, 5.41) is 0. The number of nitrogens with zero attached hydrogens (tertiary/aromatic N) is 3. The Morgan fingerprint density at radius 2 is 1.86 bits per heavy atom. The second-order valence-electron chi connectivity index (χ2n) is 5.26. The number of aryl methyl sites for hydroxylation is 1. The number of hydrogen-bond acceptors (Lipinski definition) is 5. The van der Waals surface area contributed by atoms with Gasteiger partial charge in [0.2, 0.25) is 4.96 Å². The van der Waals surface area contributed by atoms with Gasteiger partial charge in [-0.25, -0.2) is 0 Å². The summed E-state index contributed by atoms with van der Waals surface area (Å²) in [5.74, 6) is 0. The van der Waals surface area contributed by atoms with Gasteiger partial charge < -0.3 is 4.90 Å². The van der Waals surface area contributed by atoms with Gasteiger partial charge >= 0.3 is 0 Å². The van der Waals surface area contributed by atoms with Crippen LogP contribution in [-0.4, -0.2) is 23.5 Å². The highest BCUT2D eigenvalue weighted by atomic mass is 32.1. The van der Waals surface area contributed by atoms with Crippen LogP contribution < -0.4 is 20.6 Å². The molecule has 5 nitrogen and oxygen atoms in total. The van der Waals surface area contributed by atoms with Crippen LogP contribution >= 0.6 is 11.3 Å². The number of aromatic nitrogens is 2. The lowest BCUT2D eigenvalue weighted by atomic mass is 10.2. The smallest absolute Gasteiger partial charge is 0.274 e. The molecule has 0 spiro atoms. The monoisotopic (exact) mass is 313 g/mol. The van der Waals surface area contributed by atoms with Crippen LogP contribution in [0.5, 0.6) is 0 Å². The highest BCUT2D eigenvalue weighted by molar-refractivity contribution is 7.15. The molecule has 2 heterocycles. The van der Waals surface area contributed by atoms with Crippen molar-refractivity contribution in [1.29, 1.82) is 0 Å². The topological polar surface area (TPSA) is 54.7 Å². The molecule has 0 unspecified atom stereocenters. The third-order valence-corrected chi connectivity index (χ3v) is 4.37. The fourth-order valence-electron chi connectivity index (χ4n) is 2.25. The van der Waals surface area contributed by atoms with Crippen molar-refractivity contribution < 1.29 is 0 Å². The van der Waals surface area contributed by atoms with E-state index in [1.807, 2.05) is 49.3 Å². The first-order chi connectivity index (χ1) is 10.5. The van der Waals surface area contributed by atoms with Gasteiger partial charge in [-0.05, 0) is 30.7 Å². The largest absolute Gasteiger partial charge is 0.378 e. The molecule has 0 N–H and O–H groups in total. The Kier molecular flexibility index (Phi) is 3.54. The predicted molar refractivity (Wildman–Crippen MR) is 89.9 cm³/mol. The first-order valence-corrected chi connectivity index (χ1v) is 7.60. The van der Waals surface area contributed by atoms with Crippen molar-refractivity contribution in [2.75, 3.05) is 19.0 Å². The highest BCUT2D eigenvalue weighted by Crippen LogP contribution is 2.12. The Morgan fingerprint density at radius 3 is 2.50 bits per heavy atom. The minimum absolute atomic E-state index is 0.137. The number of rotatable bonds is 2. The summed E-state index contributed by atoms with van der Waals surface area (Å²) in [7, 11) is 3.96. The maximum absolute atomic E-state index is 12.4. The van der Waals surface area contributed by atoms with Crippen LogP contribution in [-0.2, 0) is 0 Å². The molecule has 0 amide bonds. The van der Waals surface area contributed by atoms with E-state index in [4.69, 9.17) is 0 Å². The van der Waals surface area contributed by atoms with Crippen LogP contribution in [0.4, 0.5) is 5.69 Å². The lowest BCUT2D eigenvalue weighted by Gasteiger charge is -2.11. The lowest BCUT2D eigenvalue weighted by molar-refractivity contribution is 0.998. The molecule has 112 valence electrons. The Bertz CT molecular complexity index is 1000. The van der Waals surface area contributed by atoms with Crippen molar-refractivity contribution >= 4 is 28.1 Å². The van der Waals surface area contributed by atoms with E-state index in [0.29, 0.717) is 15.2 Å². The molecular weight excluding hydrogens is 298 g/mol. The summed E-state index contributed by atoms with van der Waals surface area (Å²) in [6.45, 7) is 1.74. The van der Waals surface area contributed by atoms with Crippen molar-refractivity contribution in [2.24, 2.45) is 0 Å². The number of fused-ring (bicyclic) bond motifs is 1. The highest BCUT2D eigenvalue weighted by Gasteiger charge is 2.07. The average molecular weight is 313 g/mol. The van der Waals surface area contributed by atoms with Crippen LogP contribution in [0, 0.1) is 6.92 Å². The maximum Gasteiger partial charge on any atom is 0.274 e. The van der Waals surface area contributed by atoms with Crippen molar-refractivity contribution in [1.82, 2.24) is 9.38 Å². The molecule has 0 fully saturated rings. The van der Waals surface area contributed by atoms with E-state index in [9.17, 15) is 9.59 Å². The summed E-state index contributed by atoms with van der Waals surface area (Å²) in [6.07, 6.45) is 1.82. The van der Waals surface area contributed by atoms with E-state index < -0.39 is 0 Å². The zero-order chi connectivity index (χ0) is 15.9. The third-order valence-electron chi connectivity index (χ3n) is 3.40. The van der Waals surface area contributed by atoms with Gasteiger partial charge in [-0.15, -0.1) is 0 Å². The van der Waals surface area contributed by atoms with Gasteiger partial charge in [0.25, 0.3) is 11.1 Å². The normalized spacial score (nSPS) is 12.0. The summed E-state index contributed by atoms with van der Waals surface area (Å²) < 4.78 is 2.05. The zero-order valence-electron chi connectivity index (χ0n) is 12.5. The number of thiazole rings is 1. The molecule has 0 radical (unpaired) electrons. The molecule has 0 saturated heterocycles. The number of benzene rings is 1. The second-order valence-corrected chi connectivity index (χ2v) is 6.26. The molecule has 1 aromatic carbocycles. The standard InChI is InChI=1S/C16H15N3O2S/c1-10-8-14(20)17-16-19(10)15(21)13(22-16)9-11-4-6-12(7-5-11)18(2)3/h4-9H,1-3H3. The Balaban J connectivity index is 2.17. The fraction of sp³-hybridized carbons (Fsp3) is 0.188. The summed E-state index contributed by atoms with van der Waals surface area (Å²) in [4.78, 5) is 30.2. The second kappa shape index (κ2) is 5.38. The minimum atomic E-state index is -0.319. The molecule has 2 aromatic heterocycles. The molecule has 22 heavy (non-hydrogen) atoms. The fourth-order valence-corrected chi connectivity index (χ4v) is 3.27. The quantitative estimate of drug-likeness (QED) is 0.709. The molecule has 0 aliphatic heterocycles. The van der Waals surface area contributed by atoms with Crippen LogP contribution in [0.2, 0.25) is 0 Å². The Morgan fingerprint density at radius 1 is 1.18 bits per heavy atom. The van der Waals surface area contributed by atoms with Gasteiger partial charge in [0.1, 0.15) is 0 Å². The molecule has 3 aromatic rings. The molecule has 0 aliphatic carbocycles. The van der Waals surface area contributed by atoms with Crippen LogP contribution in [0.3, 0.4) is 0 Å². The molecule has 0 aliphatic rings. The SMILES string of the molecule is Cc1cc(=O)nc2sc(=Cc3ccc(N(C)C)cc3)c(=O)n12. The molecule has 0 bridgehead atoms. The van der Waals surface area contributed by atoms with Crippen molar-refractivity contribution in [3.8, 4) is 0 Å². The molecule has 0 saturated carbocycles. The van der Waals surface area contributed by atoms with Gasteiger partial charge in [0.15, 0.2) is 0 Å². The molecule has 3 rings (SSSR count). The van der Waals surface area contributed by atoms with Crippen molar-refractivity contribution in [3.05, 3.63) is 66.8 Å². The van der Waals surface area contributed by atoms with E-state index in [0.717, 1.165) is 11.3 Å². The summed E-state index contributed by atoms with van der Waals surface area (Å²) >= 11 is 1.23. The van der Waals surface area contributed by atoms with Gasteiger partial charge in [-0.1, -0.05) is 23.5 Å². The lowest BCUT2D eigenvalue weighted by Crippen LogP contribution is -2.25. The van der Waals surface area contributed by atoms with E-state index >= 15 is 0 Å². The first kappa shape index (κ1) is 14.5. The third kappa shape index (κ3) is 2.53. The first-order valence-electron chi connectivity index (χ1n) is 6.78. The van der Waals surface area contributed by atoms with Gasteiger partial charge in [-0.2, -0.15) is 4.98 Å². The summed E-state index contributed by atoms with van der Waals surface area (Å²) in [6, 6.07) is 9.29. The van der Waals surface area contributed by atoms with Crippen LogP contribution in [0.15, 0.2) is 39.9 Å². The average Bonchev–Trinajstić information content (AvgIpc) is 2.75. The molecule has 6 heteroatoms. The maximum atomic E-state index is 12.4. The Hall–Kier alpha value is -2.47. The van der Waals surface area contributed by atoms with E-state index in [1.165, 1.54) is 21.8 Å².